The van der Waals surface area contributed by atoms with Crippen LogP contribution in [0, 0.1) is 6.92 Å². The number of nitrogens with zero attached hydrogens (tertiary/aromatic N) is 1. The third-order valence-corrected chi connectivity index (χ3v) is 6.59. The van der Waals surface area contributed by atoms with Crippen molar-refractivity contribution in [3.05, 3.63) is 69.1 Å². The van der Waals surface area contributed by atoms with Gasteiger partial charge in [-0.2, -0.15) is 0 Å². The second-order valence-electron chi connectivity index (χ2n) is 9.27. The number of amides is 1. The van der Waals surface area contributed by atoms with E-state index in [-0.39, 0.29) is 17.9 Å². The average molecular weight is 418 g/mol. The minimum absolute atomic E-state index is 0.0407. The maximum Gasteiger partial charge on any atom is 0.340 e. The van der Waals surface area contributed by atoms with Crippen LogP contribution in [0.25, 0.3) is 11.0 Å². The zero-order chi connectivity index (χ0) is 21.8. The molecule has 3 heterocycles. The number of anilines is 1. The third kappa shape index (κ3) is 3.52. The van der Waals surface area contributed by atoms with Crippen LogP contribution in [0.5, 0.6) is 5.75 Å². The van der Waals surface area contributed by atoms with Gasteiger partial charge < -0.3 is 14.1 Å². The predicted molar refractivity (Wildman–Crippen MR) is 121 cm³/mol. The van der Waals surface area contributed by atoms with Crippen molar-refractivity contribution in [1.29, 1.82) is 0 Å². The maximum atomic E-state index is 13.2. The predicted octanol–water partition coefficient (Wildman–Crippen LogP) is 4.73. The van der Waals surface area contributed by atoms with Crippen molar-refractivity contribution < 1.29 is 13.9 Å². The van der Waals surface area contributed by atoms with Gasteiger partial charge in [-0.05, 0) is 75.3 Å². The van der Waals surface area contributed by atoms with E-state index in [9.17, 15) is 9.59 Å². The summed E-state index contributed by atoms with van der Waals surface area (Å²) in [5, 5.41) is 0.878. The van der Waals surface area contributed by atoms with Gasteiger partial charge in [0.1, 0.15) is 16.9 Å². The Morgan fingerprint density at radius 1 is 1.13 bits per heavy atom. The lowest BCUT2D eigenvalue weighted by Crippen LogP contribution is -2.37. The first-order valence-corrected chi connectivity index (χ1v) is 11.0. The van der Waals surface area contributed by atoms with Crippen LogP contribution >= 0.6 is 0 Å². The summed E-state index contributed by atoms with van der Waals surface area (Å²) in [5.74, 6) is 0.713. The Hall–Kier alpha value is -3.08. The van der Waals surface area contributed by atoms with E-state index in [2.05, 4.69) is 26.0 Å². The Balaban J connectivity index is 1.51. The monoisotopic (exact) mass is 417 g/mol. The highest BCUT2D eigenvalue weighted by atomic mass is 16.5. The molecule has 2 aliphatic heterocycles. The number of hydrogen-bond acceptors (Lipinski definition) is 4. The van der Waals surface area contributed by atoms with Crippen LogP contribution in [0.3, 0.4) is 0 Å². The Morgan fingerprint density at radius 3 is 2.77 bits per heavy atom. The van der Waals surface area contributed by atoms with E-state index in [1.54, 1.807) is 0 Å². The molecule has 3 aromatic rings. The van der Waals surface area contributed by atoms with Gasteiger partial charge in [-0.15, -0.1) is 0 Å². The molecule has 0 saturated heterocycles. The molecule has 0 aliphatic carbocycles. The van der Waals surface area contributed by atoms with Gasteiger partial charge in [0.05, 0.1) is 12.0 Å². The zero-order valence-electron chi connectivity index (χ0n) is 18.3. The summed E-state index contributed by atoms with van der Waals surface area (Å²) in [5.41, 5.74) is 4.35. The van der Waals surface area contributed by atoms with Gasteiger partial charge in [-0.1, -0.05) is 18.2 Å². The van der Waals surface area contributed by atoms with Crippen molar-refractivity contribution in [2.24, 2.45) is 0 Å². The maximum absolute atomic E-state index is 13.2. The number of hydrogen-bond donors (Lipinski definition) is 0. The molecule has 2 aliphatic rings. The van der Waals surface area contributed by atoms with Gasteiger partial charge >= 0.3 is 5.63 Å². The van der Waals surface area contributed by atoms with Crippen LogP contribution < -0.4 is 15.3 Å². The van der Waals surface area contributed by atoms with E-state index in [1.165, 1.54) is 5.56 Å². The van der Waals surface area contributed by atoms with Crippen molar-refractivity contribution in [1.82, 2.24) is 0 Å². The second kappa shape index (κ2) is 7.26. The van der Waals surface area contributed by atoms with Crippen molar-refractivity contribution in [2.45, 2.75) is 58.5 Å². The molecule has 0 saturated carbocycles. The Labute approximate surface area is 181 Å². The quantitative estimate of drug-likeness (QED) is 0.566. The fourth-order valence-electron chi connectivity index (χ4n) is 4.78. The van der Waals surface area contributed by atoms with Gasteiger partial charge in [0, 0.05) is 23.7 Å². The molecule has 0 atom stereocenters. The van der Waals surface area contributed by atoms with Crippen LogP contribution in [0.2, 0.25) is 0 Å². The van der Waals surface area contributed by atoms with E-state index < -0.39 is 5.63 Å². The normalized spacial score (nSPS) is 17.1. The van der Waals surface area contributed by atoms with Crippen LogP contribution in [-0.4, -0.2) is 18.1 Å². The summed E-state index contributed by atoms with van der Waals surface area (Å²) in [4.78, 5) is 27.8. The molecule has 160 valence electrons. The summed E-state index contributed by atoms with van der Waals surface area (Å²) >= 11 is 0. The highest BCUT2D eigenvalue weighted by Crippen LogP contribution is 2.37. The van der Waals surface area contributed by atoms with E-state index >= 15 is 0 Å². The summed E-state index contributed by atoms with van der Waals surface area (Å²) in [6.45, 7) is 6.71. The number of rotatable bonds is 2. The van der Waals surface area contributed by atoms with Crippen LogP contribution in [-0.2, 0) is 24.1 Å². The average Bonchev–Trinajstić information content (AvgIpc) is 2.74. The highest BCUT2D eigenvalue weighted by Gasteiger charge is 2.28. The molecule has 0 unspecified atom stereocenters. The third-order valence-electron chi connectivity index (χ3n) is 6.59. The first-order valence-electron chi connectivity index (χ1n) is 11.0. The summed E-state index contributed by atoms with van der Waals surface area (Å²) in [6, 6.07) is 11.9. The molecule has 5 rings (SSSR count). The fourth-order valence-corrected chi connectivity index (χ4v) is 4.78. The van der Waals surface area contributed by atoms with Crippen molar-refractivity contribution >= 4 is 22.6 Å². The number of fused-ring (bicyclic) bond motifs is 3. The molecule has 1 aromatic heterocycles. The van der Waals surface area contributed by atoms with Gasteiger partial charge in [0.15, 0.2) is 0 Å². The minimum Gasteiger partial charge on any atom is -0.487 e. The number of aryl methyl sites for hydroxylation is 3. The fraction of sp³-hybridized carbons (Fsp3) is 0.385. The second-order valence-corrected chi connectivity index (χ2v) is 9.27. The minimum atomic E-state index is -0.446. The van der Waals surface area contributed by atoms with Crippen molar-refractivity contribution in [3.63, 3.8) is 0 Å². The molecular weight excluding hydrogens is 390 g/mol. The van der Waals surface area contributed by atoms with Crippen LogP contribution in [0.15, 0.2) is 45.6 Å². The summed E-state index contributed by atoms with van der Waals surface area (Å²) in [7, 11) is 0. The van der Waals surface area contributed by atoms with Crippen molar-refractivity contribution in [2.75, 3.05) is 11.4 Å². The number of para-hydroxylation sites is 1. The lowest BCUT2D eigenvalue weighted by atomic mass is 9.92. The molecule has 1 amide bonds. The number of ether oxygens (including phenoxy) is 1. The van der Waals surface area contributed by atoms with E-state index in [4.69, 9.17) is 9.15 Å². The smallest absolute Gasteiger partial charge is 0.340 e. The SMILES string of the molecule is Cc1c(CC(=O)N2CCCc3ccccc32)c(=O)oc2cc3c(cc12)CCC(C)(C)O3. The Kier molecular flexibility index (Phi) is 4.65. The molecule has 0 bridgehead atoms. The van der Waals surface area contributed by atoms with Crippen LogP contribution in [0.1, 0.15) is 48.9 Å². The topological polar surface area (TPSA) is 59.8 Å². The summed E-state index contributed by atoms with van der Waals surface area (Å²) in [6.07, 6.45) is 3.79. The first kappa shape index (κ1) is 19.9. The Morgan fingerprint density at radius 2 is 1.94 bits per heavy atom. The molecule has 0 radical (unpaired) electrons. The lowest BCUT2D eigenvalue weighted by molar-refractivity contribution is -0.118. The number of benzene rings is 2. The lowest BCUT2D eigenvalue weighted by Gasteiger charge is -2.32. The molecule has 0 spiro atoms. The first-order chi connectivity index (χ1) is 14.8. The van der Waals surface area contributed by atoms with Gasteiger partial charge in [-0.3, -0.25) is 4.79 Å². The van der Waals surface area contributed by atoms with E-state index in [0.717, 1.165) is 53.6 Å². The molecule has 0 N–H and O–H groups in total. The Bertz CT molecular complexity index is 1250. The molecule has 5 nitrogen and oxygen atoms in total. The van der Waals surface area contributed by atoms with Gasteiger partial charge in [-0.25, -0.2) is 4.79 Å². The number of carbonyl (C=O) groups is 1. The highest BCUT2D eigenvalue weighted by molar-refractivity contribution is 5.96. The van der Waals surface area contributed by atoms with Gasteiger partial charge in [0.25, 0.3) is 0 Å². The molecule has 31 heavy (non-hydrogen) atoms. The van der Waals surface area contributed by atoms with Gasteiger partial charge in [0.2, 0.25) is 5.91 Å². The largest absolute Gasteiger partial charge is 0.487 e. The van der Waals surface area contributed by atoms with Crippen molar-refractivity contribution in [3.8, 4) is 5.75 Å². The van der Waals surface area contributed by atoms with E-state index in [1.807, 2.05) is 36.1 Å². The zero-order valence-corrected chi connectivity index (χ0v) is 18.3. The van der Waals surface area contributed by atoms with Crippen LogP contribution in [0.4, 0.5) is 5.69 Å². The molecule has 5 heteroatoms. The number of carbonyl (C=O) groups excluding carboxylic acids is 1. The summed E-state index contributed by atoms with van der Waals surface area (Å²) < 4.78 is 11.8. The molecule has 0 fully saturated rings. The molecular formula is C26H27NO4. The standard InChI is InChI=1S/C26H27NO4/c1-16-19-13-18-10-11-26(2,3)31-22(18)15-23(19)30-25(29)20(16)14-24(28)27-12-6-8-17-7-4-5-9-21(17)27/h4-5,7,9,13,15H,6,8,10-12,14H2,1-3H3. The van der Waals surface area contributed by atoms with E-state index in [0.29, 0.717) is 17.7 Å². The molecule has 2 aromatic carbocycles.